The van der Waals surface area contributed by atoms with Crippen molar-refractivity contribution in [1.29, 1.82) is 0 Å². The van der Waals surface area contributed by atoms with E-state index in [1.165, 1.54) is 13.2 Å². The van der Waals surface area contributed by atoms with E-state index in [1.54, 1.807) is 6.92 Å². The monoisotopic (exact) mass is 178 g/mol. The Balaban J connectivity index is 3.28. The molecule has 0 atom stereocenters. The summed E-state index contributed by atoms with van der Waals surface area (Å²) in [5, 5.41) is 0. The Labute approximate surface area is 77.1 Å². The molecule has 1 aromatic rings. The summed E-state index contributed by atoms with van der Waals surface area (Å²) < 4.78 is 17.3. The van der Waals surface area contributed by atoms with Crippen LogP contribution in [0.5, 0.6) is 0 Å². The SMILES string of the molecule is [B]c1cc(F)cc(C(=O)OC)c1C. The first-order valence-corrected chi connectivity index (χ1v) is 3.70. The van der Waals surface area contributed by atoms with Gasteiger partial charge in [-0.15, -0.1) is 0 Å². The summed E-state index contributed by atoms with van der Waals surface area (Å²) in [4.78, 5) is 11.1. The molecule has 1 aromatic carbocycles. The molecule has 0 amide bonds. The number of rotatable bonds is 1. The van der Waals surface area contributed by atoms with Gasteiger partial charge in [0.2, 0.25) is 0 Å². The molecule has 0 heterocycles. The van der Waals surface area contributed by atoms with Crippen molar-refractivity contribution >= 4 is 19.3 Å². The summed E-state index contributed by atoms with van der Waals surface area (Å²) in [6, 6.07) is 2.28. The number of hydrogen-bond acceptors (Lipinski definition) is 2. The second kappa shape index (κ2) is 3.60. The minimum atomic E-state index is -0.580. The number of benzene rings is 1. The molecular formula is C9H8BFO2. The minimum Gasteiger partial charge on any atom is -0.465 e. The highest BCUT2D eigenvalue weighted by Crippen LogP contribution is 2.08. The molecule has 0 bridgehead atoms. The van der Waals surface area contributed by atoms with E-state index in [0.29, 0.717) is 5.56 Å². The van der Waals surface area contributed by atoms with Crippen molar-refractivity contribution in [3.8, 4) is 0 Å². The maximum atomic E-state index is 12.8. The number of hydrogen-bond donors (Lipinski definition) is 0. The minimum absolute atomic E-state index is 0.167. The average Bonchev–Trinajstić information content (AvgIpc) is 2.10. The van der Waals surface area contributed by atoms with Gasteiger partial charge in [-0.1, -0.05) is 5.46 Å². The Morgan fingerprint density at radius 3 is 2.69 bits per heavy atom. The zero-order chi connectivity index (χ0) is 10.0. The Morgan fingerprint density at radius 2 is 2.15 bits per heavy atom. The summed E-state index contributed by atoms with van der Waals surface area (Å²) in [5.74, 6) is -1.12. The molecule has 0 unspecified atom stereocenters. The van der Waals surface area contributed by atoms with Gasteiger partial charge in [-0.25, -0.2) is 9.18 Å². The molecule has 2 radical (unpaired) electrons. The largest absolute Gasteiger partial charge is 0.465 e. The predicted octanol–water partition coefficient (Wildman–Crippen LogP) is 0.715. The van der Waals surface area contributed by atoms with Crippen LogP contribution in [0, 0.1) is 12.7 Å². The van der Waals surface area contributed by atoms with Gasteiger partial charge in [0.1, 0.15) is 13.7 Å². The second-order valence-corrected chi connectivity index (χ2v) is 2.66. The molecule has 0 fully saturated rings. The van der Waals surface area contributed by atoms with Crippen molar-refractivity contribution in [1.82, 2.24) is 0 Å². The van der Waals surface area contributed by atoms with Gasteiger partial charge >= 0.3 is 5.97 Å². The number of methoxy groups -OCH3 is 1. The molecule has 0 N–H and O–H groups in total. The van der Waals surface area contributed by atoms with Crippen LogP contribution in [-0.4, -0.2) is 20.9 Å². The highest BCUT2D eigenvalue weighted by Gasteiger charge is 2.11. The molecule has 0 saturated carbocycles. The number of halogens is 1. The van der Waals surface area contributed by atoms with Crippen LogP contribution in [0.3, 0.4) is 0 Å². The predicted molar refractivity (Wildman–Crippen MR) is 47.9 cm³/mol. The van der Waals surface area contributed by atoms with Crippen molar-refractivity contribution in [2.24, 2.45) is 0 Å². The van der Waals surface area contributed by atoms with Gasteiger partial charge in [-0.3, -0.25) is 0 Å². The lowest BCUT2D eigenvalue weighted by molar-refractivity contribution is 0.0599. The lowest BCUT2D eigenvalue weighted by Crippen LogP contribution is -2.15. The molecule has 66 valence electrons. The van der Waals surface area contributed by atoms with Crippen molar-refractivity contribution < 1.29 is 13.9 Å². The quantitative estimate of drug-likeness (QED) is 0.467. The summed E-state index contributed by atoms with van der Waals surface area (Å²) >= 11 is 0. The van der Waals surface area contributed by atoms with Crippen LogP contribution in [0.1, 0.15) is 15.9 Å². The summed E-state index contributed by atoms with van der Waals surface area (Å²) in [7, 11) is 6.71. The maximum Gasteiger partial charge on any atom is 0.338 e. The third-order valence-corrected chi connectivity index (χ3v) is 1.82. The van der Waals surface area contributed by atoms with Gasteiger partial charge in [-0.2, -0.15) is 0 Å². The lowest BCUT2D eigenvalue weighted by atomic mass is 9.88. The number of esters is 1. The van der Waals surface area contributed by atoms with Crippen LogP contribution >= 0.6 is 0 Å². The molecule has 1 rings (SSSR count). The zero-order valence-electron chi connectivity index (χ0n) is 7.43. The molecular weight excluding hydrogens is 170 g/mol. The van der Waals surface area contributed by atoms with Gasteiger partial charge in [0.15, 0.2) is 0 Å². The topological polar surface area (TPSA) is 26.3 Å². The van der Waals surface area contributed by atoms with Gasteiger partial charge in [-0.05, 0) is 24.6 Å². The van der Waals surface area contributed by atoms with Gasteiger partial charge < -0.3 is 4.74 Å². The van der Waals surface area contributed by atoms with Crippen LogP contribution in [0.2, 0.25) is 0 Å². The molecule has 4 heteroatoms. The van der Waals surface area contributed by atoms with Crippen LogP contribution < -0.4 is 5.46 Å². The zero-order valence-corrected chi connectivity index (χ0v) is 7.43. The molecule has 0 aromatic heterocycles. The molecule has 0 spiro atoms. The van der Waals surface area contributed by atoms with Crippen molar-refractivity contribution in [3.05, 3.63) is 29.1 Å². The van der Waals surface area contributed by atoms with E-state index >= 15 is 0 Å². The first-order chi connectivity index (χ1) is 6.06. The van der Waals surface area contributed by atoms with E-state index < -0.39 is 11.8 Å². The Kier molecular flexibility index (Phi) is 2.71. The molecule has 0 aliphatic heterocycles. The van der Waals surface area contributed by atoms with E-state index in [1.807, 2.05) is 0 Å². The van der Waals surface area contributed by atoms with Crippen molar-refractivity contribution in [2.45, 2.75) is 6.92 Å². The average molecular weight is 178 g/mol. The molecule has 0 aliphatic rings. The van der Waals surface area contributed by atoms with E-state index in [9.17, 15) is 9.18 Å². The van der Waals surface area contributed by atoms with E-state index in [-0.39, 0.29) is 11.0 Å². The van der Waals surface area contributed by atoms with Gasteiger partial charge in [0, 0.05) is 0 Å². The first-order valence-electron chi connectivity index (χ1n) is 3.70. The third-order valence-electron chi connectivity index (χ3n) is 1.82. The molecule has 0 aliphatic carbocycles. The highest BCUT2D eigenvalue weighted by atomic mass is 19.1. The van der Waals surface area contributed by atoms with E-state index in [2.05, 4.69) is 4.74 Å². The maximum absolute atomic E-state index is 12.8. The van der Waals surface area contributed by atoms with Gasteiger partial charge in [0.25, 0.3) is 0 Å². The smallest absolute Gasteiger partial charge is 0.338 e. The molecule has 13 heavy (non-hydrogen) atoms. The normalized spacial score (nSPS) is 9.77. The fourth-order valence-corrected chi connectivity index (χ4v) is 1.02. The Hall–Kier alpha value is -1.32. The third kappa shape index (κ3) is 1.88. The van der Waals surface area contributed by atoms with Crippen LogP contribution in [-0.2, 0) is 4.74 Å². The fraction of sp³-hybridized carbons (Fsp3) is 0.222. The van der Waals surface area contributed by atoms with E-state index in [0.717, 1.165) is 6.07 Å². The molecule has 0 saturated heterocycles. The van der Waals surface area contributed by atoms with Crippen LogP contribution in [0.4, 0.5) is 4.39 Å². The first kappa shape index (κ1) is 9.77. The standard InChI is InChI=1S/C9H8BFO2/c1-5-7(9(12)13-2)3-6(11)4-8(5)10/h3-4H,1-2H3. The van der Waals surface area contributed by atoms with Crippen LogP contribution in [0.15, 0.2) is 12.1 Å². The highest BCUT2D eigenvalue weighted by molar-refractivity contribution is 6.33. The fourth-order valence-electron chi connectivity index (χ4n) is 1.02. The summed E-state index contributed by atoms with van der Waals surface area (Å²) in [6.07, 6.45) is 0. The Morgan fingerprint density at radius 1 is 1.54 bits per heavy atom. The lowest BCUT2D eigenvalue weighted by Gasteiger charge is -2.06. The molecule has 2 nitrogen and oxygen atoms in total. The summed E-state index contributed by atoms with van der Waals surface area (Å²) in [6.45, 7) is 1.64. The summed E-state index contributed by atoms with van der Waals surface area (Å²) in [5.41, 5.74) is 0.952. The van der Waals surface area contributed by atoms with Crippen molar-refractivity contribution in [3.63, 3.8) is 0 Å². The van der Waals surface area contributed by atoms with Gasteiger partial charge in [0.05, 0.1) is 12.7 Å². The number of carbonyl (C=O) groups excluding carboxylic acids is 1. The number of carbonyl (C=O) groups is 1. The van der Waals surface area contributed by atoms with E-state index in [4.69, 9.17) is 7.85 Å². The van der Waals surface area contributed by atoms with Crippen molar-refractivity contribution in [2.75, 3.05) is 7.11 Å². The second-order valence-electron chi connectivity index (χ2n) is 2.66. The van der Waals surface area contributed by atoms with Crippen LogP contribution in [0.25, 0.3) is 0 Å². The Bertz CT molecular complexity index is 350. The number of ether oxygens (including phenoxy) is 1.